The number of hydrogen-bond donors (Lipinski definition) is 3. The Morgan fingerprint density at radius 1 is 0.822 bits per heavy atom. The van der Waals surface area contributed by atoms with Crippen molar-refractivity contribution >= 4 is 32.5 Å². The van der Waals surface area contributed by atoms with Gasteiger partial charge in [-0.3, -0.25) is 4.55 Å². The first-order valence-electron chi connectivity index (χ1n) is 16.7. The highest BCUT2D eigenvalue weighted by atomic mass is 32.2. The highest BCUT2D eigenvalue weighted by Gasteiger charge is 2.21. The average Bonchev–Trinajstić information content (AvgIpc) is 3.02. The Labute approximate surface area is 269 Å². The number of unbranched alkanes of at least 4 members (excludes halogenated alkanes) is 13. The third-order valence-electron chi connectivity index (χ3n) is 8.28. The normalized spacial score (nSPS) is 12.3. The van der Waals surface area contributed by atoms with Crippen molar-refractivity contribution in [2.45, 2.75) is 115 Å². The van der Waals surface area contributed by atoms with Gasteiger partial charge < -0.3 is 9.94 Å². The monoisotopic (exact) mass is 640 g/mol. The van der Waals surface area contributed by atoms with Crippen LogP contribution in [0.4, 0.5) is 5.69 Å². The number of carbonyl (C=O) groups is 1. The van der Waals surface area contributed by atoms with E-state index in [1.165, 1.54) is 113 Å². The van der Waals surface area contributed by atoms with Gasteiger partial charge in [0.1, 0.15) is 5.56 Å². The van der Waals surface area contributed by atoms with Crippen LogP contribution in [0, 0.1) is 5.92 Å². The molecule has 3 aromatic carbocycles. The lowest BCUT2D eigenvalue weighted by molar-refractivity contribution is 0.0691. The first-order chi connectivity index (χ1) is 21.7. The molecular formula is C36H52N2O6S. The highest BCUT2D eigenvalue weighted by Crippen LogP contribution is 2.32. The Hall–Kier alpha value is -3.14. The smallest absolute Gasteiger partial charge is 0.339 e. The van der Waals surface area contributed by atoms with Crippen molar-refractivity contribution < 1.29 is 27.7 Å². The predicted octanol–water partition coefficient (Wildman–Crippen LogP) is 9.60. The summed E-state index contributed by atoms with van der Waals surface area (Å²) in [5.74, 6) is -0.733. The molecule has 0 fully saturated rings. The van der Waals surface area contributed by atoms with E-state index in [4.69, 9.17) is 4.84 Å². The van der Waals surface area contributed by atoms with Crippen LogP contribution in [-0.4, -0.2) is 30.6 Å². The Bertz CT molecular complexity index is 1430. The third-order valence-corrected chi connectivity index (χ3v) is 9.13. The quantitative estimate of drug-likeness (QED) is 0.0533. The minimum Gasteiger partial charge on any atom is -0.478 e. The summed E-state index contributed by atoms with van der Waals surface area (Å²) in [6.07, 6.45) is 19.5. The molecule has 0 aliphatic heterocycles. The van der Waals surface area contributed by atoms with Crippen molar-refractivity contribution in [2.24, 2.45) is 5.92 Å². The second-order valence-corrected chi connectivity index (χ2v) is 13.6. The largest absolute Gasteiger partial charge is 0.478 e. The van der Waals surface area contributed by atoms with Crippen molar-refractivity contribution in [2.75, 3.05) is 11.7 Å². The molecular weight excluding hydrogens is 588 g/mol. The van der Waals surface area contributed by atoms with Crippen LogP contribution >= 0.6 is 0 Å². The van der Waals surface area contributed by atoms with E-state index < -0.39 is 16.1 Å². The molecule has 0 saturated heterocycles. The molecule has 0 heterocycles. The van der Waals surface area contributed by atoms with Crippen LogP contribution in [0.3, 0.4) is 0 Å². The number of hydrazine groups is 1. The van der Waals surface area contributed by atoms with E-state index in [2.05, 4.69) is 19.3 Å². The fourth-order valence-electron chi connectivity index (χ4n) is 5.58. The second kappa shape index (κ2) is 19.4. The number of nitrogens with one attached hydrogen (secondary N) is 1. The van der Waals surface area contributed by atoms with Gasteiger partial charge in [-0.2, -0.15) is 13.8 Å². The molecule has 0 aliphatic rings. The van der Waals surface area contributed by atoms with Gasteiger partial charge in [0.05, 0.1) is 10.6 Å². The van der Waals surface area contributed by atoms with Crippen molar-refractivity contribution in [3.63, 3.8) is 0 Å². The van der Waals surface area contributed by atoms with Gasteiger partial charge >= 0.3 is 5.97 Å². The lowest BCUT2D eigenvalue weighted by Gasteiger charge is -2.28. The first-order valence-corrected chi connectivity index (χ1v) is 18.2. The van der Waals surface area contributed by atoms with E-state index >= 15 is 0 Å². The summed E-state index contributed by atoms with van der Waals surface area (Å²) in [6.45, 7) is 4.92. The van der Waals surface area contributed by atoms with Gasteiger partial charge in [0.25, 0.3) is 10.1 Å². The van der Waals surface area contributed by atoms with Crippen LogP contribution in [0.25, 0.3) is 10.8 Å². The maximum absolute atomic E-state index is 12.1. The summed E-state index contributed by atoms with van der Waals surface area (Å²) in [7, 11) is -4.46. The SMILES string of the molecule is CCCCCCCCCCCCCCCCC(C)CNN(Oc1c(C(=O)O)ccc2ccccc12)c1cccc(S(=O)(=O)O)c1. The van der Waals surface area contributed by atoms with E-state index in [1.807, 2.05) is 12.1 Å². The number of nitrogens with zero attached hydrogens (tertiary/aromatic N) is 1. The summed E-state index contributed by atoms with van der Waals surface area (Å²) in [6, 6.07) is 16.2. The van der Waals surface area contributed by atoms with Crippen LogP contribution in [0.5, 0.6) is 5.75 Å². The third kappa shape index (κ3) is 12.6. The topological polar surface area (TPSA) is 116 Å². The van der Waals surface area contributed by atoms with Crippen molar-refractivity contribution in [3.8, 4) is 5.75 Å². The molecule has 3 aromatic rings. The molecule has 248 valence electrons. The van der Waals surface area contributed by atoms with Crippen molar-refractivity contribution in [1.29, 1.82) is 0 Å². The summed E-state index contributed by atoms with van der Waals surface area (Å²) in [5, 5.41) is 12.6. The standard InChI is InChI=1S/C36H52N2O6S/c1-3-4-5-6-7-8-9-10-11-12-13-14-15-16-20-29(2)28-37-38(31-22-19-23-32(27-31)45(41,42)43)44-35-33-24-18-17-21-30(33)25-26-34(35)36(39)40/h17-19,21-27,29,37H,3-16,20,28H2,1-2H3,(H,39,40)(H,41,42,43). The van der Waals surface area contributed by atoms with Crippen LogP contribution in [0.15, 0.2) is 65.6 Å². The van der Waals surface area contributed by atoms with Crippen LogP contribution in [0.1, 0.15) is 121 Å². The molecule has 0 aromatic heterocycles. The second-order valence-electron chi connectivity index (χ2n) is 12.2. The fraction of sp³-hybridized carbons (Fsp3) is 0.528. The maximum Gasteiger partial charge on any atom is 0.339 e. The molecule has 0 saturated carbocycles. The molecule has 0 bridgehead atoms. The molecule has 0 spiro atoms. The van der Waals surface area contributed by atoms with Crippen LogP contribution in [0.2, 0.25) is 0 Å². The van der Waals surface area contributed by atoms with Crippen molar-refractivity contribution in [3.05, 3.63) is 66.2 Å². The molecule has 0 amide bonds. The van der Waals surface area contributed by atoms with Gasteiger partial charge in [-0.1, -0.05) is 140 Å². The molecule has 45 heavy (non-hydrogen) atoms. The van der Waals surface area contributed by atoms with E-state index in [-0.39, 0.29) is 22.1 Å². The number of carboxylic acid groups (broad SMARTS) is 1. The number of anilines is 1. The number of carboxylic acids is 1. The summed E-state index contributed by atoms with van der Waals surface area (Å²) >= 11 is 0. The molecule has 8 nitrogen and oxygen atoms in total. The fourth-order valence-corrected chi connectivity index (χ4v) is 6.10. The summed E-state index contributed by atoms with van der Waals surface area (Å²) in [4.78, 5) is 18.0. The number of hydrogen-bond acceptors (Lipinski definition) is 6. The first kappa shape index (κ1) is 36.3. The molecule has 1 unspecified atom stereocenters. The van der Waals surface area contributed by atoms with Gasteiger partial charge in [-0.25, -0.2) is 4.79 Å². The average molecular weight is 641 g/mol. The van der Waals surface area contributed by atoms with E-state index in [1.54, 1.807) is 24.3 Å². The number of fused-ring (bicyclic) bond motifs is 1. The van der Waals surface area contributed by atoms with E-state index in [0.29, 0.717) is 17.6 Å². The zero-order valence-electron chi connectivity index (χ0n) is 27.0. The molecule has 0 aliphatic carbocycles. The lowest BCUT2D eigenvalue weighted by Crippen LogP contribution is -2.43. The minimum atomic E-state index is -4.46. The molecule has 1 atom stereocenters. The predicted molar refractivity (Wildman–Crippen MR) is 182 cm³/mol. The van der Waals surface area contributed by atoms with Gasteiger partial charge in [-0.05, 0) is 42.0 Å². The maximum atomic E-state index is 12.1. The number of rotatable bonds is 23. The van der Waals surface area contributed by atoms with Crippen LogP contribution in [-0.2, 0) is 10.1 Å². The van der Waals surface area contributed by atoms with E-state index in [9.17, 15) is 22.9 Å². The molecule has 9 heteroatoms. The summed E-state index contributed by atoms with van der Waals surface area (Å²) in [5.41, 5.74) is 3.51. The Morgan fingerprint density at radius 3 is 2.02 bits per heavy atom. The Morgan fingerprint density at radius 2 is 1.42 bits per heavy atom. The number of benzene rings is 3. The Kier molecular flexibility index (Phi) is 15.7. The lowest BCUT2D eigenvalue weighted by atomic mass is 10.0. The minimum absolute atomic E-state index is 0.0260. The molecule has 3 rings (SSSR count). The van der Waals surface area contributed by atoms with Gasteiger partial charge in [0, 0.05) is 11.9 Å². The highest BCUT2D eigenvalue weighted by molar-refractivity contribution is 7.85. The van der Waals surface area contributed by atoms with Crippen LogP contribution < -0.4 is 15.4 Å². The van der Waals surface area contributed by atoms with Crippen molar-refractivity contribution in [1.82, 2.24) is 5.43 Å². The zero-order valence-corrected chi connectivity index (χ0v) is 27.9. The summed E-state index contributed by atoms with van der Waals surface area (Å²) < 4.78 is 33.4. The zero-order chi connectivity index (χ0) is 32.5. The van der Waals surface area contributed by atoms with Gasteiger partial charge in [0.15, 0.2) is 5.75 Å². The molecule has 0 radical (unpaired) electrons. The van der Waals surface area contributed by atoms with Gasteiger partial charge in [-0.15, -0.1) is 5.17 Å². The molecule has 3 N–H and O–H groups in total. The Balaban J connectivity index is 1.52. The van der Waals surface area contributed by atoms with E-state index in [0.717, 1.165) is 18.2 Å². The number of aromatic carboxylic acids is 1. The van der Waals surface area contributed by atoms with Gasteiger partial charge in [0.2, 0.25) is 0 Å².